The van der Waals surface area contributed by atoms with E-state index in [1.165, 1.54) is 13.2 Å². The third-order valence-corrected chi connectivity index (χ3v) is 2.42. The highest BCUT2D eigenvalue weighted by Crippen LogP contribution is 2.29. The quantitative estimate of drug-likeness (QED) is 0.865. The molecule has 0 aliphatic rings. The Morgan fingerprint density at radius 2 is 2.27 bits per heavy atom. The van der Waals surface area contributed by atoms with E-state index in [2.05, 4.69) is 9.72 Å². The van der Waals surface area contributed by atoms with Crippen LogP contribution in [0.15, 0.2) is 6.07 Å². The van der Waals surface area contributed by atoms with Crippen molar-refractivity contribution in [2.75, 3.05) is 7.11 Å². The Balaban J connectivity index is 3.37. The van der Waals surface area contributed by atoms with Crippen molar-refractivity contribution in [3.8, 4) is 5.75 Å². The molecule has 1 N–H and O–H groups in total. The van der Waals surface area contributed by atoms with Gasteiger partial charge in [0, 0.05) is 3.57 Å². The maximum atomic E-state index is 12.5. The van der Waals surface area contributed by atoms with E-state index >= 15 is 0 Å². The van der Waals surface area contributed by atoms with Gasteiger partial charge in [-0.1, -0.05) is 0 Å². The number of nitrogens with zero attached hydrogens (tertiary/aromatic N) is 1. The minimum Gasteiger partial charge on any atom is -0.495 e. The van der Waals surface area contributed by atoms with E-state index in [4.69, 9.17) is 5.11 Å². The Morgan fingerprint density at radius 3 is 2.67 bits per heavy atom. The van der Waals surface area contributed by atoms with Crippen LogP contribution in [-0.4, -0.2) is 23.2 Å². The van der Waals surface area contributed by atoms with Crippen molar-refractivity contribution in [2.45, 2.75) is 6.43 Å². The van der Waals surface area contributed by atoms with E-state index in [0.717, 1.165) is 0 Å². The van der Waals surface area contributed by atoms with Crippen LogP contribution in [0.1, 0.15) is 22.6 Å². The summed E-state index contributed by atoms with van der Waals surface area (Å²) >= 11 is 1.70. The molecule has 0 saturated carbocycles. The predicted octanol–water partition coefficient (Wildman–Crippen LogP) is 2.33. The molecule has 0 aromatic carbocycles. The summed E-state index contributed by atoms with van der Waals surface area (Å²) in [5.74, 6) is -1.46. The number of aromatic nitrogens is 1. The molecule has 0 fully saturated rings. The standard InChI is InChI=1S/C8H6F2INO3/c1-15-4-2-3(11)5(8(13)14)12-6(4)7(9)10/h2,7H,1H3,(H,13,14). The maximum absolute atomic E-state index is 12.5. The highest BCUT2D eigenvalue weighted by molar-refractivity contribution is 14.1. The van der Waals surface area contributed by atoms with Crippen LogP contribution in [0, 0.1) is 3.57 Å². The van der Waals surface area contributed by atoms with Crippen molar-refractivity contribution in [3.05, 3.63) is 21.0 Å². The van der Waals surface area contributed by atoms with E-state index in [9.17, 15) is 13.6 Å². The molecule has 1 rings (SSSR count). The van der Waals surface area contributed by atoms with Gasteiger partial charge in [0.15, 0.2) is 5.69 Å². The second-order valence-electron chi connectivity index (χ2n) is 2.51. The average molecular weight is 329 g/mol. The molecular formula is C8H6F2INO3. The maximum Gasteiger partial charge on any atom is 0.355 e. The van der Waals surface area contributed by atoms with E-state index in [-0.39, 0.29) is 9.32 Å². The molecule has 1 heterocycles. The fourth-order valence-electron chi connectivity index (χ4n) is 0.956. The van der Waals surface area contributed by atoms with Gasteiger partial charge in [0.2, 0.25) is 0 Å². The minimum absolute atomic E-state index is 0.112. The number of rotatable bonds is 3. The van der Waals surface area contributed by atoms with Gasteiger partial charge in [0.1, 0.15) is 11.4 Å². The fraction of sp³-hybridized carbons (Fsp3) is 0.250. The number of ether oxygens (including phenoxy) is 1. The number of carbonyl (C=O) groups is 1. The van der Waals surface area contributed by atoms with Crippen LogP contribution >= 0.6 is 22.6 Å². The molecule has 0 saturated heterocycles. The Kier molecular flexibility index (Phi) is 3.77. The van der Waals surface area contributed by atoms with Gasteiger partial charge in [0.25, 0.3) is 6.43 Å². The molecule has 0 unspecified atom stereocenters. The first-order valence-corrected chi connectivity index (χ1v) is 4.81. The van der Waals surface area contributed by atoms with Crippen LogP contribution in [-0.2, 0) is 0 Å². The summed E-state index contributed by atoms with van der Waals surface area (Å²) in [5, 5.41) is 8.68. The lowest BCUT2D eigenvalue weighted by Gasteiger charge is -2.08. The largest absolute Gasteiger partial charge is 0.495 e. The zero-order chi connectivity index (χ0) is 11.6. The third kappa shape index (κ3) is 2.52. The molecule has 0 aliphatic carbocycles. The summed E-state index contributed by atoms with van der Waals surface area (Å²) in [5.41, 5.74) is -1.05. The molecule has 0 bridgehead atoms. The van der Waals surface area contributed by atoms with Gasteiger partial charge < -0.3 is 9.84 Å². The molecule has 0 radical (unpaired) electrons. The van der Waals surface area contributed by atoms with Gasteiger partial charge in [-0.05, 0) is 28.7 Å². The van der Waals surface area contributed by atoms with Crippen LogP contribution in [0.3, 0.4) is 0 Å². The molecule has 0 atom stereocenters. The summed E-state index contributed by atoms with van der Waals surface area (Å²) in [6.07, 6.45) is -2.87. The normalized spacial score (nSPS) is 10.5. The summed E-state index contributed by atoms with van der Waals surface area (Å²) in [7, 11) is 1.22. The SMILES string of the molecule is COc1cc(I)c(C(=O)O)nc1C(F)F. The number of aromatic carboxylic acids is 1. The molecule has 0 aliphatic heterocycles. The topological polar surface area (TPSA) is 59.4 Å². The zero-order valence-electron chi connectivity index (χ0n) is 7.50. The Bertz CT molecular complexity index is 398. The van der Waals surface area contributed by atoms with Crippen molar-refractivity contribution < 1.29 is 23.4 Å². The molecule has 4 nitrogen and oxygen atoms in total. The van der Waals surface area contributed by atoms with Gasteiger partial charge in [-0.25, -0.2) is 18.6 Å². The molecular weight excluding hydrogens is 323 g/mol. The van der Waals surface area contributed by atoms with Crippen LogP contribution in [0.25, 0.3) is 0 Å². The second kappa shape index (κ2) is 4.69. The number of alkyl halides is 2. The van der Waals surface area contributed by atoms with Crippen molar-refractivity contribution in [3.63, 3.8) is 0 Å². The summed E-state index contributed by atoms with van der Waals surface area (Å²) in [4.78, 5) is 14.0. The van der Waals surface area contributed by atoms with Crippen LogP contribution < -0.4 is 4.74 Å². The van der Waals surface area contributed by atoms with Crippen LogP contribution in [0.5, 0.6) is 5.75 Å². The van der Waals surface area contributed by atoms with Crippen molar-refractivity contribution >= 4 is 28.6 Å². The van der Waals surface area contributed by atoms with Crippen LogP contribution in [0.4, 0.5) is 8.78 Å². The number of carboxylic acids is 1. The molecule has 1 aromatic heterocycles. The lowest BCUT2D eigenvalue weighted by atomic mass is 10.3. The predicted molar refractivity (Wildman–Crippen MR) is 55.4 cm³/mol. The monoisotopic (exact) mass is 329 g/mol. The summed E-state index contributed by atoms with van der Waals surface area (Å²) in [6, 6.07) is 1.22. The molecule has 7 heteroatoms. The van der Waals surface area contributed by atoms with E-state index in [1.807, 2.05) is 0 Å². The number of carboxylic acid groups (broad SMARTS) is 1. The van der Waals surface area contributed by atoms with E-state index in [0.29, 0.717) is 0 Å². The molecule has 1 aromatic rings. The number of hydrogen-bond acceptors (Lipinski definition) is 3. The van der Waals surface area contributed by atoms with Gasteiger partial charge in [-0.3, -0.25) is 0 Å². The summed E-state index contributed by atoms with van der Waals surface area (Å²) in [6.45, 7) is 0. The van der Waals surface area contributed by atoms with Crippen LogP contribution in [0.2, 0.25) is 0 Å². The molecule has 0 amide bonds. The highest BCUT2D eigenvalue weighted by Gasteiger charge is 2.21. The Labute approximate surface area is 97.4 Å². The Morgan fingerprint density at radius 1 is 1.67 bits per heavy atom. The average Bonchev–Trinajstić information content (AvgIpc) is 2.16. The van der Waals surface area contributed by atoms with Crippen molar-refractivity contribution in [1.29, 1.82) is 0 Å². The van der Waals surface area contributed by atoms with Gasteiger partial charge >= 0.3 is 5.97 Å². The lowest BCUT2D eigenvalue weighted by molar-refractivity contribution is 0.0687. The number of hydrogen-bond donors (Lipinski definition) is 1. The zero-order valence-corrected chi connectivity index (χ0v) is 9.66. The molecule has 15 heavy (non-hydrogen) atoms. The summed E-state index contributed by atoms with van der Waals surface area (Å²) < 4.78 is 29.8. The van der Waals surface area contributed by atoms with Crippen molar-refractivity contribution in [1.82, 2.24) is 4.98 Å². The first kappa shape index (κ1) is 12.1. The van der Waals surface area contributed by atoms with Crippen molar-refractivity contribution in [2.24, 2.45) is 0 Å². The van der Waals surface area contributed by atoms with Gasteiger partial charge in [-0.2, -0.15) is 0 Å². The van der Waals surface area contributed by atoms with E-state index < -0.39 is 23.8 Å². The Hall–Kier alpha value is -0.990. The number of methoxy groups -OCH3 is 1. The lowest BCUT2D eigenvalue weighted by Crippen LogP contribution is -2.08. The third-order valence-electron chi connectivity index (χ3n) is 1.60. The fourth-order valence-corrected chi connectivity index (χ4v) is 1.59. The van der Waals surface area contributed by atoms with Gasteiger partial charge in [0.05, 0.1) is 7.11 Å². The smallest absolute Gasteiger partial charge is 0.355 e. The van der Waals surface area contributed by atoms with Gasteiger partial charge in [-0.15, -0.1) is 0 Å². The number of halogens is 3. The minimum atomic E-state index is -2.87. The highest BCUT2D eigenvalue weighted by atomic mass is 127. The number of pyridine rings is 1. The first-order chi connectivity index (χ1) is 6.97. The first-order valence-electron chi connectivity index (χ1n) is 3.73. The van der Waals surface area contributed by atoms with E-state index in [1.54, 1.807) is 22.6 Å². The molecule has 0 spiro atoms. The molecule has 82 valence electrons. The second-order valence-corrected chi connectivity index (χ2v) is 3.67.